The average molecular weight is 431 g/mol. The molecule has 1 atom stereocenters. The Kier molecular flexibility index (Phi) is 5.45. The molecule has 6 nitrogen and oxygen atoms in total. The largest absolute Gasteiger partial charge is 0.341 e. The Labute approximate surface area is 188 Å². The minimum atomic E-state index is -0.0373. The molecule has 2 aromatic carbocycles. The normalized spacial score (nSPS) is 19.2. The fourth-order valence-electron chi connectivity index (χ4n) is 5.17. The standard InChI is InChI=1S/C26H30N4O2/c1-18-10-11-22(19(2)14-18)29-16-20(15-24(29)31)26-27-21-8-4-5-9-23(21)30(26)17-25(32)28-12-6-3-7-13-28/h4-5,8-11,14,20H,3,6-7,12-13,15-17H2,1-2H3. The van der Waals surface area contributed by atoms with Gasteiger partial charge >= 0.3 is 0 Å². The van der Waals surface area contributed by atoms with Gasteiger partial charge in [0.2, 0.25) is 11.8 Å². The summed E-state index contributed by atoms with van der Waals surface area (Å²) in [5.41, 5.74) is 5.10. The second-order valence-electron chi connectivity index (χ2n) is 9.18. The monoisotopic (exact) mass is 430 g/mol. The van der Waals surface area contributed by atoms with Crippen molar-refractivity contribution in [2.75, 3.05) is 24.5 Å². The van der Waals surface area contributed by atoms with Crippen molar-refractivity contribution < 1.29 is 9.59 Å². The highest BCUT2D eigenvalue weighted by Crippen LogP contribution is 2.34. The topological polar surface area (TPSA) is 58.4 Å². The molecule has 3 aromatic rings. The van der Waals surface area contributed by atoms with Gasteiger partial charge in [0.15, 0.2) is 0 Å². The Bertz CT molecular complexity index is 1180. The Balaban J connectivity index is 1.46. The van der Waals surface area contributed by atoms with E-state index in [2.05, 4.69) is 30.5 Å². The van der Waals surface area contributed by atoms with Gasteiger partial charge in [0.25, 0.3) is 0 Å². The zero-order valence-corrected chi connectivity index (χ0v) is 18.9. The van der Waals surface area contributed by atoms with Crippen LogP contribution in [0.1, 0.15) is 48.6 Å². The van der Waals surface area contributed by atoms with Gasteiger partial charge in [-0.05, 0) is 56.9 Å². The van der Waals surface area contributed by atoms with E-state index in [0.717, 1.165) is 54.0 Å². The van der Waals surface area contributed by atoms with E-state index < -0.39 is 0 Å². The molecule has 1 unspecified atom stereocenters. The minimum absolute atomic E-state index is 0.0373. The number of anilines is 1. The molecule has 0 bridgehead atoms. The summed E-state index contributed by atoms with van der Waals surface area (Å²) in [6, 6.07) is 14.2. The molecule has 166 valence electrons. The lowest BCUT2D eigenvalue weighted by molar-refractivity contribution is -0.132. The predicted octanol–water partition coefficient (Wildman–Crippen LogP) is 4.19. The summed E-state index contributed by atoms with van der Waals surface area (Å²) in [7, 11) is 0. The van der Waals surface area contributed by atoms with Gasteiger partial charge in [-0.15, -0.1) is 0 Å². The van der Waals surface area contributed by atoms with Crippen molar-refractivity contribution in [1.82, 2.24) is 14.5 Å². The number of nitrogens with zero attached hydrogens (tertiary/aromatic N) is 4. The van der Waals surface area contributed by atoms with Crippen molar-refractivity contribution in [3.63, 3.8) is 0 Å². The van der Waals surface area contributed by atoms with Crippen LogP contribution in [0.5, 0.6) is 0 Å². The highest BCUT2D eigenvalue weighted by molar-refractivity contribution is 5.97. The third kappa shape index (κ3) is 3.78. The molecule has 2 fully saturated rings. The predicted molar refractivity (Wildman–Crippen MR) is 126 cm³/mol. The molecule has 32 heavy (non-hydrogen) atoms. The first-order chi connectivity index (χ1) is 15.5. The Hall–Kier alpha value is -3.15. The summed E-state index contributed by atoms with van der Waals surface area (Å²) in [4.78, 5) is 34.9. The number of piperidine rings is 1. The minimum Gasteiger partial charge on any atom is -0.341 e. The number of fused-ring (bicyclic) bond motifs is 1. The zero-order valence-electron chi connectivity index (χ0n) is 18.9. The first-order valence-electron chi connectivity index (χ1n) is 11.6. The van der Waals surface area contributed by atoms with Gasteiger partial charge < -0.3 is 14.4 Å². The summed E-state index contributed by atoms with van der Waals surface area (Å²) in [6.07, 6.45) is 3.76. The highest BCUT2D eigenvalue weighted by Gasteiger charge is 2.36. The van der Waals surface area contributed by atoms with Crippen LogP contribution in [0, 0.1) is 13.8 Å². The molecule has 2 aliphatic rings. The maximum atomic E-state index is 13.1. The number of amides is 2. The molecule has 3 heterocycles. The number of carbonyl (C=O) groups excluding carboxylic acids is 2. The number of benzene rings is 2. The van der Waals surface area contributed by atoms with E-state index in [1.54, 1.807) is 0 Å². The summed E-state index contributed by atoms with van der Waals surface area (Å²) >= 11 is 0. The van der Waals surface area contributed by atoms with Gasteiger partial charge in [0, 0.05) is 37.7 Å². The highest BCUT2D eigenvalue weighted by atomic mass is 16.2. The molecular weight excluding hydrogens is 400 g/mol. The van der Waals surface area contributed by atoms with Crippen LogP contribution in [-0.2, 0) is 16.1 Å². The Morgan fingerprint density at radius 3 is 2.62 bits per heavy atom. The van der Waals surface area contributed by atoms with E-state index in [1.165, 1.54) is 12.0 Å². The molecule has 2 amide bonds. The average Bonchev–Trinajstić information content (AvgIpc) is 3.35. The van der Waals surface area contributed by atoms with Gasteiger partial charge in [-0.3, -0.25) is 9.59 Å². The molecule has 0 saturated carbocycles. The number of likely N-dealkylation sites (tertiary alicyclic amines) is 1. The maximum Gasteiger partial charge on any atom is 0.242 e. The molecule has 0 spiro atoms. The number of hydrogen-bond donors (Lipinski definition) is 0. The SMILES string of the molecule is Cc1ccc(N2CC(c3nc4ccccc4n3CC(=O)N3CCCCC3)CC2=O)c(C)c1. The van der Waals surface area contributed by atoms with E-state index in [-0.39, 0.29) is 24.3 Å². The van der Waals surface area contributed by atoms with Crippen molar-refractivity contribution >= 4 is 28.5 Å². The quantitative estimate of drug-likeness (QED) is 0.624. The lowest BCUT2D eigenvalue weighted by Crippen LogP contribution is -2.38. The first-order valence-corrected chi connectivity index (χ1v) is 11.6. The molecule has 5 rings (SSSR count). The number of aromatic nitrogens is 2. The maximum absolute atomic E-state index is 13.1. The Morgan fingerprint density at radius 1 is 1.06 bits per heavy atom. The van der Waals surface area contributed by atoms with Crippen LogP contribution in [0.3, 0.4) is 0 Å². The number of rotatable bonds is 4. The van der Waals surface area contributed by atoms with E-state index in [1.807, 2.05) is 40.1 Å². The fourth-order valence-corrected chi connectivity index (χ4v) is 5.17. The second kappa shape index (κ2) is 8.41. The van der Waals surface area contributed by atoms with Crippen LogP contribution < -0.4 is 4.90 Å². The van der Waals surface area contributed by atoms with Crippen molar-refractivity contribution in [2.24, 2.45) is 0 Å². The molecule has 2 aliphatic heterocycles. The summed E-state index contributed by atoms with van der Waals surface area (Å²) in [6.45, 7) is 6.66. The van der Waals surface area contributed by atoms with E-state index in [0.29, 0.717) is 13.0 Å². The number of hydrogen-bond acceptors (Lipinski definition) is 3. The molecule has 0 radical (unpaired) electrons. The summed E-state index contributed by atoms with van der Waals surface area (Å²) in [5.74, 6) is 1.06. The molecular formula is C26H30N4O2. The smallest absolute Gasteiger partial charge is 0.242 e. The van der Waals surface area contributed by atoms with Crippen molar-refractivity contribution in [2.45, 2.75) is 52.0 Å². The van der Waals surface area contributed by atoms with Crippen LogP contribution >= 0.6 is 0 Å². The number of imidazole rings is 1. The number of carbonyl (C=O) groups is 2. The molecule has 1 aromatic heterocycles. The van der Waals surface area contributed by atoms with Crippen LogP contribution in [0.4, 0.5) is 5.69 Å². The molecule has 2 saturated heterocycles. The van der Waals surface area contributed by atoms with Crippen LogP contribution in [0.25, 0.3) is 11.0 Å². The zero-order chi connectivity index (χ0) is 22.2. The Morgan fingerprint density at radius 2 is 1.84 bits per heavy atom. The van der Waals surface area contributed by atoms with Gasteiger partial charge in [-0.2, -0.15) is 0 Å². The van der Waals surface area contributed by atoms with Crippen molar-refractivity contribution in [3.05, 3.63) is 59.4 Å². The number of aryl methyl sites for hydroxylation is 2. The van der Waals surface area contributed by atoms with Crippen LogP contribution in [-0.4, -0.2) is 45.9 Å². The van der Waals surface area contributed by atoms with Crippen molar-refractivity contribution in [3.8, 4) is 0 Å². The van der Waals surface area contributed by atoms with Crippen LogP contribution in [0.15, 0.2) is 42.5 Å². The summed E-state index contributed by atoms with van der Waals surface area (Å²) in [5, 5.41) is 0. The van der Waals surface area contributed by atoms with Crippen molar-refractivity contribution in [1.29, 1.82) is 0 Å². The second-order valence-corrected chi connectivity index (χ2v) is 9.18. The van der Waals surface area contributed by atoms with Gasteiger partial charge in [0.1, 0.15) is 12.4 Å². The molecule has 0 N–H and O–H groups in total. The molecule has 6 heteroatoms. The summed E-state index contributed by atoms with van der Waals surface area (Å²) < 4.78 is 2.05. The van der Waals surface area contributed by atoms with Gasteiger partial charge in [0.05, 0.1) is 11.0 Å². The van der Waals surface area contributed by atoms with Gasteiger partial charge in [-0.25, -0.2) is 4.98 Å². The van der Waals surface area contributed by atoms with Gasteiger partial charge in [-0.1, -0.05) is 29.8 Å². The fraction of sp³-hybridized carbons (Fsp3) is 0.423. The van der Waals surface area contributed by atoms with E-state index in [4.69, 9.17) is 4.98 Å². The lowest BCUT2D eigenvalue weighted by Gasteiger charge is -2.27. The third-order valence-electron chi connectivity index (χ3n) is 6.82. The molecule has 0 aliphatic carbocycles. The van der Waals surface area contributed by atoms with Crippen LogP contribution in [0.2, 0.25) is 0 Å². The van der Waals surface area contributed by atoms with E-state index in [9.17, 15) is 9.59 Å². The first kappa shape index (κ1) is 20.7. The number of para-hydroxylation sites is 2. The van der Waals surface area contributed by atoms with E-state index >= 15 is 0 Å². The lowest BCUT2D eigenvalue weighted by atomic mass is 10.1. The third-order valence-corrected chi connectivity index (χ3v) is 6.82.